The molecular formula is C20H17N3O4S. The molecule has 2 aliphatic heterocycles. The number of rotatable bonds is 3. The Kier molecular flexibility index (Phi) is 5.12. The van der Waals surface area contributed by atoms with Crippen LogP contribution in [0.3, 0.4) is 0 Å². The van der Waals surface area contributed by atoms with E-state index in [0.29, 0.717) is 36.0 Å². The smallest absolute Gasteiger partial charge is 0.266 e. The molecule has 0 aromatic heterocycles. The van der Waals surface area contributed by atoms with Crippen LogP contribution in [0.15, 0.2) is 58.7 Å². The highest BCUT2D eigenvalue weighted by atomic mass is 32.2. The molecule has 1 fully saturated rings. The van der Waals surface area contributed by atoms with E-state index in [4.69, 9.17) is 9.47 Å². The van der Waals surface area contributed by atoms with E-state index in [1.165, 1.54) is 11.8 Å². The van der Waals surface area contributed by atoms with Crippen molar-refractivity contribution in [3.63, 3.8) is 0 Å². The second kappa shape index (κ2) is 7.85. The highest BCUT2D eigenvalue weighted by Gasteiger charge is 2.34. The van der Waals surface area contributed by atoms with Crippen LogP contribution in [0.5, 0.6) is 11.5 Å². The Morgan fingerprint density at radius 3 is 2.57 bits per heavy atom. The van der Waals surface area contributed by atoms with Crippen LogP contribution >= 0.6 is 11.8 Å². The van der Waals surface area contributed by atoms with E-state index in [1.54, 1.807) is 31.2 Å². The lowest BCUT2D eigenvalue weighted by molar-refractivity contribution is -0.122. The maximum absolute atomic E-state index is 12.7. The zero-order valence-corrected chi connectivity index (χ0v) is 15.9. The van der Waals surface area contributed by atoms with E-state index in [0.717, 1.165) is 10.5 Å². The van der Waals surface area contributed by atoms with E-state index < -0.39 is 5.91 Å². The van der Waals surface area contributed by atoms with Gasteiger partial charge in [0.2, 0.25) is 5.91 Å². The van der Waals surface area contributed by atoms with Gasteiger partial charge in [0, 0.05) is 11.1 Å². The molecule has 0 spiro atoms. The molecule has 0 unspecified atom stereocenters. The van der Waals surface area contributed by atoms with Crippen molar-refractivity contribution in [3.8, 4) is 11.5 Å². The number of thioether (sulfide) groups is 1. The number of benzene rings is 2. The van der Waals surface area contributed by atoms with E-state index >= 15 is 0 Å². The number of amidine groups is 1. The van der Waals surface area contributed by atoms with Gasteiger partial charge in [-0.25, -0.2) is 4.90 Å². The lowest BCUT2D eigenvalue weighted by Gasteiger charge is -2.18. The summed E-state index contributed by atoms with van der Waals surface area (Å²) in [4.78, 5) is 26.0. The van der Waals surface area contributed by atoms with Gasteiger partial charge in [-0.2, -0.15) is 5.10 Å². The topological polar surface area (TPSA) is 80.6 Å². The number of nitrogens with zero attached hydrogens (tertiary/aromatic N) is 3. The van der Waals surface area contributed by atoms with Crippen LogP contribution in [0.2, 0.25) is 0 Å². The van der Waals surface area contributed by atoms with Gasteiger partial charge in [-0.3, -0.25) is 9.59 Å². The van der Waals surface area contributed by atoms with E-state index in [2.05, 4.69) is 10.2 Å². The van der Waals surface area contributed by atoms with Crippen molar-refractivity contribution in [1.82, 2.24) is 4.90 Å². The summed E-state index contributed by atoms with van der Waals surface area (Å²) >= 11 is 1.20. The monoisotopic (exact) mass is 395 g/mol. The third-order valence-corrected chi connectivity index (χ3v) is 5.15. The van der Waals surface area contributed by atoms with Crippen LogP contribution < -0.4 is 9.47 Å². The van der Waals surface area contributed by atoms with Crippen LogP contribution in [0, 0.1) is 0 Å². The first-order valence-corrected chi connectivity index (χ1v) is 9.69. The minimum atomic E-state index is -0.401. The number of fused-ring (bicyclic) bond motifs is 1. The van der Waals surface area contributed by atoms with Crippen molar-refractivity contribution in [2.45, 2.75) is 6.92 Å². The van der Waals surface area contributed by atoms with E-state index in [1.807, 2.05) is 24.3 Å². The zero-order valence-electron chi connectivity index (χ0n) is 15.1. The zero-order chi connectivity index (χ0) is 19.5. The van der Waals surface area contributed by atoms with Crippen molar-refractivity contribution in [3.05, 3.63) is 59.7 Å². The SMILES string of the molecule is C/C(=N/N=C1/SCC(=O)N1C(=O)c1ccccc1)c1ccc2c(c1)OCCO2. The summed E-state index contributed by atoms with van der Waals surface area (Å²) in [6, 6.07) is 14.2. The molecule has 2 amide bonds. The molecule has 2 aromatic rings. The van der Waals surface area contributed by atoms with Crippen LogP contribution in [0.4, 0.5) is 0 Å². The third-order valence-electron chi connectivity index (χ3n) is 4.23. The summed E-state index contributed by atoms with van der Waals surface area (Å²) in [5, 5.41) is 8.67. The maximum Gasteiger partial charge on any atom is 0.266 e. The van der Waals surface area contributed by atoms with Crippen LogP contribution in [-0.4, -0.2) is 46.6 Å². The molecule has 142 valence electrons. The maximum atomic E-state index is 12.7. The highest BCUT2D eigenvalue weighted by molar-refractivity contribution is 8.15. The largest absolute Gasteiger partial charge is 0.486 e. The van der Waals surface area contributed by atoms with Gasteiger partial charge in [-0.15, -0.1) is 5.10 Å². The molecule has 0 bridgehead atoms. The van der Waals surface area contributed by atoms with Crippen LogP contribution in [-0.2, 0) is 4.79 Å². The molecule has 0 N–H and O–H groups in total. The van der Waals surface area contributed by atoms with E-state index in [-0.39, 0.29) is 16.8 Å². The Labute approximate surface area is 166 Å². The van der Waals surface area contributed by atoms with Gasteiger partial charge in [0.15, 0.2) is 16.7 Å². The van der Waals surface area contributed by atoms with Crippen LogP contribution in [0.1, 0.15) is 22.8 Å². The standard InChI is InChI=1S/C20H17N3O4S/c1-13(15-7-8-16-17(11-15)27-10-9-26-16)21-22-20-23(18(24)12-28-20)19(25)14-5-3-2-4-6-14/h2-8,11H,9-10,12H2,1H3/b21-13-,22-20+. The fourth-order valence-corrected chi connectivity index (χ4v) is 3.58. The molecular weight excluding hydrogens is 378 g/mol. The lowest BCUT2D eigenvalue weighted by Crippen LogP contribution is -2.35. The van der Waals surface area contributed by atoms with Gasteiger partial charge in [0.1, 0.15) is 13.2 Å². The van der Waals surface area contributed by atoms with Gasteiger partial charge >= 0.3 is 0 Å². The minimum absolute atomic E-state index is 0.163. The van der Waals surface area contributed by atoms with Crippen molar-refractivity contribution < 1.29 is 19.1 Å². The first-order valence-electron chi connectivity index (χ1n) is 8.71. The molecule has 4 rings (SSSR count). The minimum Gasteiger partial charge on any atom is -0.486 e. The molecule has 1 saturated heterocycles. The number of hydrogen-bond acceptors (Lipinski definition) is 7. The van der Waals surface area contributed by atoms with E-state index in [9.17, 15) is 9.59 Å². The Morgan fingerprint density at radius 2 is 1.79 bits per heavy atom. The Morgan fingerprint density at radius 1 is 1.04 bits per heavy atom. The van der Waals surface area contributed by atoms with Crippen molar-refractivity contribution in [1.29, 1.82) is 0 Å². The second-order valence-corrected chi connectivity index (χ2v) is 7.06. The summed E-state index contributed by atoms with van der Waals surface area (Å²) in [5.41, 5.74) is 1.89. The predicted octanol–water partition coefficient (Wildman–Crippen LogP) is 2.95. The predicted molar refractivity (Wildman–Crippen MR) is 107 cm³/mol. The summed E-state index contributed by atoms with van der Waals surface area (Å²) < 4.78 is 11.1. The molecule has 0 atom stereocenters. The van der Waals surface area contributed by atoms with Crippen molar-refractivity contribution >= 4 is 34.5 Å². The third kappa shape index (κ3) is 3.63. The average molecular weight is 395 g/mol. The summed E-state index contributed by atoms with van der Waals surface area (Å²) in [6.07, 6.45) is 0. The molecule has 28 heavy (non-hydrogen) atoms. The van der Waals surface area contributed by atoms with Gasteiger partial charge in [-0.05, 0) is 37.3 Å². The van der Waals surface area contributed by atoms with Gasteiger partial charge in [0.05, 0.1) is 11.5 Å². The van der Waals surface area contributed by atoms with Gasteiger partial charge < -0.3 is 9.47 Å². The van der Waals surface area contributed by atoms with Crippen molar-refractivity contribution in [2.24, 2.45) is 10.2 Å². The van der Waals surface area contributed by atoms with Crippen molar-refractivity contribution in [2.75, 3.05) is 19.0 Å². The molecule has 0 aliphatic carbocycles. The Balaban J connectivity index is 1.58. The number of hydrogen-bond donors (Lipinski definition) is 0. The van der Waals surface area contributed by atoms with Gasteiger partial charge in [-0.1, -0.05) is 30.0 Å². The molecule has 8 heteroatoms. The summed E-state index contributed by atoms with van der Waals surface area (Å²) in [5.74, 6) is 0.824. The highest BCUT2D eigenvalue weighted by Crippen LogP contribution is 2.31. The quantitative estimate of drug-likeness (QED) is 0.453. The van der Waals surface area contributed by atoms with Gasteiger partial charge in [0.25, 0.3) is 5.91 Å². The number of imide groups is 1. The Hall–Kier alpha value is -3.13. The fourth-order valence-electron chi connectivity index (χ4n) is 2.79. The fraction of sp³-hybridized carbons (Fsp3) is 0.200. The molecule has 2 heterocycles. The second-order valence-electron chi connectivity index (χ2n) is 6.12. The van der Waals surface area contributed by atoms with Crippen LogP contribution in [0.25, 0.3) is 0 Å². The average Bonchev–Trinajstić information content (AvgIpc) is 3.12. The number of carbonyl (C=O) groups excluding carboxylic acids is 2. The molecule has 7 nitrogen and oxygen atoms in total. The first-order chi connectivity index (χ1) is 13.6. The first kappa shape index (κ1) is 18.2. The number of amides is 2. The number of ether oxygens (including phenoxy) is 2. The molecule has 2 aromatic carbocycles. The normalized spacial score (nSPS) is 17.9. The molecule has 0 saturated carbocycles. The molecule has 0 radical (unpaired) electrons. The number of carbonyl (C=O) groups is 2. The summed E-state index contributed by atoms with van der Waals surface area (Å²) in [7, 11) is 0. The lowest BCUT2D eigenvalue weighted by atomic mass is 10.1. The molecule has 2 aliphatic rings. The summed E-state index contributed by atoms with van der Waals surface area (Å²) in [6.45, 7) is 2.84. The Bertz CT molecular complexity index is 988.